The summed E-state index contributed by atoms with van der Waals surface area (Å²) in [5.74, 6) is -0.173. The third-order valence-corrected chi connectivity index (χ3v) is 5.90. The SMILES string of the molecule is CCOC(=O)c1c(C)oc2c1[C@H](C=NCCC[NH+]1CCOCC1)C(=O)c1ccccc1-2. The van der Waals surface area contributed by atoms with Crippen molar-refractivity contribution in [2.45, 2.75) is 26.2 Å². The standard InChI is InChI=1S/C24H28N2O5/c1-3-30-24(28)20-16(2)31-23-18-8-5-4-7-17(18)22(27)19(21(20)23)15-25-9-6-10-26-11-13-29-14-12-26/h4-5,7-8,15,19H,3,6,9-14H2,1-2H3/p+1/t19-/m0/s1. The van der Waals surface area contributed by atoms with E-state index in [9.17, 15) is 9.59 Å². The topological polar surface area (TPSA) is 82.5 Å². The molecule has 0 radical (unpaired) electrons. The van der Waals surface area contributed by atoms with Gasteiger partial charge in [-0.05, 0) is 13.8 Å². The van der Waals surface area contributed by atoms with Gasteiger partial charge in [-0.15, -0.1) is 0 Å². The summed E-state index contributed by atoms with van der Waals surface area (Å²) in [6.07, 6.45) is 2.62. The number of benzene rings is 1. The number of aryl methyl sites for hydroxylation is 1. The van der Waals surface area contributed by atoms with Gasteiger partial charge in [-0.2, -0.15) is 0 Å². The normalized spacial score (nSPS) is 18.8. The number of ketones is 1. The van der Waals surface area contributed by atoms with Gasteiger partial charge < -0.3 is 18.8 Å². The predicted octanol–water partition coefficient (Wildman–Crippen LogP) is 2.09. The first-order chi connectivity index (χ1) is 15.1. The number of Topliss-reactive ketones (excluding diaryl/α,β-unsaturated/α-hetero) is 1. The number of fused-ring (bicyclic) bond motifs is 3. The largest absolute Gasteiger partial charge is 0.462 e. The Hall–Kier alpha value is -2.77. The number of furan rings is 1. The van der Waals surface area contributed by atoms with E-state index in [1.165, 1.54) is 4.90 Å². The maximum Gasteiger partial charge on any atom is 0.342 e. The number of carbonyl (C=O) groups is 2. The molecular weight excluding hydrogens is 396 g/mol. The Morgan fingerprint density at radius 2 is 2.00 bits per heavy atom. The molecule has 1 aliphatic heterocycles. The van der Waals surface area contributed by atoms with Crippen LogP contribution in [-0.2, 0) is 9.47 Å². The summed E-state index contributed by atoms with van der Waals surface area (Å²) in [6, 6.07) is 7.34. The molecule has 0 saturated carbocycles. The molecule has 0 bridgehead atoms. The Morgan fingerprint density at radius 3 is 2.74 bits per heavy atom. The van der Waals surface area contributed by atoms with E-state index < -0.39 is 11.9 Å². The monoisotopic (exact) mass is 425 g/mol. The molecule has 4 rings (SSSR count). The third-order valence-electron chi connectivity index (χ3n) is 5.90. The average Bonchev–Trinajstić information content (AvgIpc) is 3.13. The molecule has 1 aromatic heterocycles. The van der Waals surface area contributed by atoms with Gasteiger partial charge in [-0.3, -0.25) is 9.79 Å². The number of esters is 1. The molecule has 7 nitrogen and oxygen atoms in total. The quantitative estimate of drug-likeness (QED) is 0.417. The fourth-order valence-electron chi connectivity index (χ4n) is 4.36. The minimum absolute atomic E-state index is 0.0722. The van der Waals surface area contributed by atoms with Gasteiger partial charge in [0.2, 0.25) is 0 Å². The van der Waals surface area contributed by atoms with Gasteiger partial charge in [0.15, 0.2) is 5.78 Å². The summed E-state index contributed by atoms with van der Waals surface area (Å²) in [5.41, 5.74) is 2.21. The predicted molar refractivity (Wildman–Crippen MR) is 116 cm³/mol. The molecule has 1 saturated heterocycles. The van der Waals surface area contributed by atoms with E-state index >= 15 is 0 Å². The Balaban J connectivity index is 1.59. The Labute approximate surface area is 182 Å². The Bertz CT molecular complexity index is 988. The number of nitrogens with one attached hydrogen (secondary N) is 1. The van der Waals surface area contributed by atoms with Crippen LogP contribution >= 0.6 is 0 Å². The van der Waals surface area contributed by atoms with Crippen LogP contribution in [0.15, 0.2) is 33.7 Å². The molecule has 0 unspecified atom stereocenters. The summed E-state index contributed by atoms with van der Waals surface area (Å²) in [7, 11) is 0. The second-order valence-corrected chi connectivity index (χ2v) is 7.91. The molecular formula is C24H29N2O5+. The highest BCUT2D eigenvalue weighted by atomic mass is 16.5. The van der Waals surface area contributed by atoms with Crippen molar-refractivity contribution in [3.8, 4) is 11.3 Å². The number of rotatable bonds is 7. The van der Waals surface area contributed by atoms with Crippen molar-refractivity contribution in [3.63, 3.8) is 0 Å². The number of nitrogens with zero attached hydrogens (tertiary/aromatic N) is 1. The fraction of sp³-hybridized carbons (Fsp3) is 0.458. The lowest BCUT2D eigenvalue weighted by atomic mass is 9.80. The third kappa shape index (κ3) is 4.34. The van der Waals surface area contributed by atoms with Crippen molar-refractivity contribution in [1.82, 2.24) is 0 Å². The van der Waals surface area contributed by atoms with Gasteiger partial charge in [0.1, 0.15) is 30.2 Å². The van der Waals surface area contributed by atoms with Crippen LogP contribution in [0.5, 0.6) is 0 Å². The van der Waals surface area contributed by atoms with Crippen LogP contribution in [0, 0.1) is 6.92 Å². The van der Waals surface area contributed by atoms with Crippen LogP contribution in [0.3, 0.4) is 0 Å². The molecule has 164 valence electrons. The number of quaternary nitrogens is 1. The van der Waals surface area contributed by atoms with Crippen molar-refractivity contribution in [1.29, 1.82) is 0 Å². The van der Waals surface area contributed by atoms with E-state index in [0.29, 0.717) is 40.3 Å². The lowest BCUT2D eigenvalue weighted by Gasteiger charge is -2.23. The molecule has 2 heterocycles. The van der Waals surface area contributed by atoms with Crippen molar-refractivity contribution < 1.29 is 28.4 Å². The van der Waals surface area contributed by atoms with E-state index in [-0.39, 0.29) is 12.4 Å². The van der Waals surface area contributed by atoms with Crippen LogP contribution in [-0.4, -0.2) is 64.0 Å². The minimum atomic E-state index is -0.655. The lowest BCUT2D eigenvalue weighted by Crippen LogP contribution is -3.14. The summed E-state index contributed by atoms with van der Waals surface area (Å²) in [6.45, 7) is 9.10. The number of hydrogen-bond donors (Lipinski definition) is 1. The van der Waals surface area contributed by atoms with Crippen molar-refractivity contribution in [2.24, 2.45) is 4.99 Å². The Morgan fingerprint density at radius 1 is 1.26 bits per heavy atom. The molecule has 1 N–H and O–H groups in total. The van der Waals surface area contributed by atoms with Crippen LogP contribution in [0.2, 0.25) is 0 Å². The molecule has 2 aliphatic rings. The fourth-order valence-corrected chi connectivity index (χ4v) is 4.36. The van der Waals surface area contributed by atoms with E-state index in [0.717, 1.165) is 39.3 Å². The summed E-state index contributed by atoms with van der Waals surface area (Å²) in [4.78, 5) is 32.1. The molecule has 0 spiro atoms. The number of carbonyl (C=O) groups excluding carboxylic acids is 2. The van der Waals surface area contributed by atoms with Gasteiger partial charge in [-0.1, -0.05) is 24.3 Å². The second kappa shape index (κ2) is 9.58. The zero-order chi connectivity index (χ0) is 21.8. The summed E-state index contributed by atoms with van der Waals surface area (Å²) in [5, 5.41) is 0. The van der Waals surface area contributed by atoms with E-state index in [1.54, 1.807) is 26.1 Å². The van der Waals surface area contributed by atoms with Crippen molar-refractivity contribution in [2.75, 3.05) is 46.0 Å². The summed E-state index contributed by atoms with van der Waals surface area (Å²) < 4.78 is 16.6. The van der Waals surface area contributed by atoms with Gasteiger partial charge in [-0.25, -0.2) is 4.79 Å². The van der Waals surface area contributed by atoms with Crippen molar-refractivity contribution >= 4 is 18.0 Å². The van der Waals surface area contributed by atoms with Crippen molar-refractivity contribution in [3.05, 3.63) is 46.7 Å². The second-order valence-electron chi connectivity index (χ2n) is 7.91. The number of ether oxygens (including phenoxy) is 2. The maximum atomic E-state index is 13.3. The smallest absolute Gasteiger partial charge is 0.342 e. The molecule has 2 aromatic rings. The molecule has 31 heavy (non-hydrogen) atoms. The van der Waals surface area contributed by atoms with Gasteiger partial charge in [0.25, 0.3) is 0 Å². The molecule has 7 heteroatoms. The average molecular weight is 426 g/mol. The zero-order valence-corrected chi connectivity index (χ0v) is 18.1. The van der Waals surface area contributed by atoms with Crippen LogP contribution in [0.1, 0.15) is 51.3 Å². The number of morpholine rings is 1. The van der Waals surface area contributed by atoms with Gasteiger partial charge >= 0.3 is 5.97 Å². The van der Waals surface area contributed by atoms with E-state index in [2.05, 4.69) is 4.99 Å². The Kier molecular flexibility index (Phi) is 6.63. The first-order valence-corrected chi connectivity index (χ1v) is 11.0. The molecule has 0 amide bonds. The number of hydrogen-bond acceptors (Lipinski definition) is 6. The number of aliphatic imine (C=N–C) groups is 1. The highest BCUT2D eigenvalue weighted by molar-refractivity contribution is 6.18. The molecule has 1 atom stereocenters. The van der Waals surface area contributed by atoms with Gasteiger partial charge in [0.05, 0.1) is 32.3 Å². The zero-order valence-electron chi connectivity index (χ0n) is 18.1. The molecule has 1 aliphatic carbocycles. The van der Waals surface area contributed by atoms with E-state index in [4.69, 9.17) is 13.9 Å². The lowest BCUT2D eigenvalue weighted by molar-refractivity contribution is -0.908. The summed E-state index contributed by atoms with van der Waals surface area (Å²) >= 11 is 0. The highest BCUT2D eigenvalue weighted by Gasteiger charge is 2.39. The maximum absolute atomic E-state index is 13.3. The van der Waals surface area contributed by atoms with E-state index in [1.807, 2.05) is 18.2 Å². The molecule has 1 aromatic carbocycles. The van der Waals surface area contributed by atoms with Gasteiger partial charge in [0, 0.05) is 35.9 Å². The van der Waals surface area contributed by atoms with Crippen LogP contribution < -0.4 is 4.90 Å². The minimum Gasteiger partial charge on any atom is -0.462 e. The highest BCUT2D eigenvalue weighted by Crippen LogP contribution is 2.43. The van der Waals surface area contributed by atoms with Crippen LogP contribution in [0.25, 0.3) is 11.3 Å². The molecule has 1 fully saturated rings. The van der Waals surface area contributed by atoms with Crippen LogP contribution in [0.4, 0.5) is 0 Å². The first kappa shape index (κ1) is 21.5. The first-order valence-electron chi connectivity index (χ1n) is 11.0.